The van der Waals surface area contributed by atoms with Crippen molar-refractivity contribution >= 4 is 11.6 Å². The van der Waals surface area contributed by atoms with Crippen LogP contribution in [0.4, 0.5) is 5.69 Å². The van der Waals surface area contributed by atoms with Gasteiger partial charge in [0, 0.05) is 12.7 Å². The first-order valence-electron chi connectivity index (χ1n) is 4.89. The lowest BCUT2D eigenvalue weighted by atomic mass is 10.1. The molecule has 0 N–H and O–H groups in total. The lowest BCUT2D eigenvalue weighted by molar-refractivity contribution is 0.0786. The van der Waals surface area contributed by atoms with E-state index < -0.39 is 0 Å². The van der Waals surface area contributed by atoms with Gasteiger partial charge in [-0.2, -0.15) is 0 Å². The van der Waals surface area contributed by atoms with E-state index in [2.05, 4.69) is 6.58 Å². The molecule has 1 aromatic rings. The van der Waals surface area contributed by atoms with Gasteiger partial charge >= 0.3 is 0 Å². The Morgan fingerprint density at radius 3 is 2.73 bits per heavy atom. The lowest BCUT2D eigenvalue weighted by Crippen LogP contribution is -2.43. The molecule has 0 saturated heterocycles. The first kappa shape index (κ1) is 9.77. The van der Waals surface area contributed by atoms with E-state index in [9.17, 15) is 4.79 Å². The Kier molecular flexibility index (Phi) is 2.23. The van der Waals surface area contributed by atoms with E-state index in [4.69, 9.17) is 0 Å². The van der Waals surface area contributed by atoms with Gasteiger partial charge in [-0.25, -0.2) is 0 Å². The second kappa shape index (κ2) is 3.42. The monoisotopic (exact) mass is 202 g/mol. The second-order valence-corrected chi connectivity index (χ2v) is 3.82. The number of amides is 1. The lowest BCUT2D eigenvalue weighted by Gasteiger charge is -2.36. The number of nitrogens with zero attached hydrogens (tertiary/aromatic N) is 2. The van der Waals surface area contributed by atoms with Crippen LogP contribution in [0.2, 0.25) is 0 Å². The molecular formula is C12H14N2O. The van der Waals surface area contributed by atoms with E-state index in [0.29, 0.717) is 6.67 Å². The number of benzene rings is 1. The van der Waals surface area contributed by atoms with Crippen molar-refractivity contribution in [1.29, 1.82) is 0 Å². The van der Waals surface area contributed by atoms with Gasteiger partial charge in [0.2, 0.25) is 0 Å². The van der Waals surface area contributed by atoms with Gasteiger partial charge in [-0.1, -0.05) is 18.7 Å². The Bertz CT molecular complexity index is 425. The Morgan fingerprint density at radius 2 is 2.07 bits per heavy atom. The van der Waals surface area contributed by atoms with Crippen molar-refractivity contribution in [1.82, 2.24) is 4.90 Å². The fourth-order valence-corrected chi connectivity index (χ4v) is 1.77. The van der Waals surface area contributed by atoms with E-state index >= 15 is 0 Å². The van der Waals surface area contributed by atoms with E-state index in [0.717, 1.165) is 16.9 Å². The molecule has 0 unspecified atom stereocenters. The predicted octanol–water partition coefficient (Wildman–Crippen LogP) is 2.07. The fourth-order valence-electron chi connectivity index (χ4n) is 1.77. The Balaban J connectivity index is 2.54. The summed E-state index contributed by atoms with van der Waals surface area (Å²) in [5.41, 5.74) is 2.64. The molecule has 1 amide bonds. The van der Waals surface area contributed by atoms with Gasteiger partial charge < -0.3 is 9.80 Å². The van der Waals surface area contributed by atoms with Crippen molar-refractivity contribution in [3.63, 3.8) is 0 Å². The number of carbonyl (C=O) groups is 1. The molecule has 0 saturated carbocycles. The molecule has 1 heterocycles. The van der Waals surface area contributed by atoms with Gasteiger partial charge in [-0.15, -0.1) is 0 Å². The molecule has 0 bridgehead atoms. The molecule has 0 aliphatic carbocycles. The molecule has 0 radical (unpaired) electrons. The molecule has 0 atom stereocenters. The summed E-state index contributed by atoms with van der Waals surface area (Å²) in [6, 6.07) is 7.62. The zero-order valence-electron chi connectivity index (χ0n) is 9.03. The minimum Gasteiger partial charge on any atom is -0.327 e. The Labute approximate surface area is 89.6 Å². The standard InChI is InChI=1S/C12H14N2O/c1-9(2)14-8-13(3)12(15)10-6-4-5-7-11(10)14/h4-7H,1,8H2,2-3H3. The number of hydrogen-bond donors (Lipinski definition) is 0. The van der Waals surface area contributed by atoms with Gasteiger partial charge in [0.05, 0.1) is 17.9 Å². The third kappa shape index (κ3) is 1.50. The minimum absolute atomic E-state index is 0.0723. The average molecular weight is 202 g/mol. The van der Waals surface area contributed by atoms with E-state index in [1.165, 1.54) is 0 Å². The van der Waals surface area contributed by atoms with Crippen molar-refractivity contribution in [2.24, 2.45) is 0 Å². The van der Waals surface area contributed by atoms with Crippen LogP contribution in [0.1, 0.15) is 17.3 Å². The van der Waals surface area contributed by atoms with Gasteiger partial charge in [0.1, 0.15) is 0 Å². The number of hydrogen-bond acceptors (Lipinski definition) is 2. The topological polar surface area (TPSA) is 23.6 Å². The Morgan fingerprint density at radius 1 is 1.40 bits per heavy atom. The summed E-state index contributed by atoms with van der Waals surface area (Å²) in [4.78, 5) is 15.6. The zero-order chi connectivity index (χ0) is 11.0. The molecule has 1 aliphatic rings. The highest BCUT2D eigenvalue weighted by Crippen LogP contribution is 2.28. The van der Waals surface area contributed by atoms with Crippen molar-refractivity contribution < 1.29 is 4.79 Å². The van der Waals surface area contributed by atoms with Gasteiger partial charge in [-0.3, -0.25) is 4.79 Å². The highest BCUT2D eigenvalue weighted by Gasteiger charge is 2.26. The highest BCUT2D eigenvalue weighted by molar-refractivity contribution is 6.01. The number of anilines is 1. The number of carbonyl (C=O) groups excluding carboxylic acids is 1. The van der Waals surface area contributed by atoms with E-state index in [1.54, 1.807) is 11.9 Å². The molecule has 1 aliphatic heterocycles. The van der Waals surface area contributed by atoms with Crippen LogP contribution in [-0.2, 0) is 0 Å². The summed E-state index contributed by atoms with van der Waals surface area (Å²) < 4.78 is 0. The zero-order valence-corrected chi connectivity index (χ0v) is 9.03. The third-order valence-electron chi connectivity index (χ3n) is 2.59. The number of fused-ring (bicyclic) bond motifs is 1. The molecule has 15 heavy (non-hydrogen) atoms. The molecular weight excluding hydrogens is 188 g/mol. The van der Waals surface area contributed by atoms with Gasteiger partial charge in [-0.05, 0) is 19.1 Å². The molecule has 3 nitrogen and oxygen atoms in total. The first-order chi connectivity index (χ1) is 7.11. The molecule has 0 aromatic heterocycles. The van der Waals surface area contributed by atoms with Crippen LogP contribution in [0.25, 0.3) is 0 Å². The normalized spacial score (nSPS) is 15.2. The Hall–Kier alpha value is -1.77. The number of rotatable bonds is 1. The maximum Gasteiger partial charge on any atom is 0.257 e. The van der Waals surface area contributed by atoms with Crippen LogP contribution in [0.5, 0.6) is 0 Å². The smallest absolute Gasteiger partial charge is 0.257 e. The van der Waals surface area contributed by atoms with Crippen LogP contribution in [0.15, 0.2) is 36.5 Å². The second-order valence-electron chi connectivity index (χ2n) is 3.82. The number of para-hydroxylation sites is 1. The van der Waals surface area contributed by atoms with Crippen LogP contribution in [0.3, 0.4) is 0 Å². The summed E-state index contributed by atoms with van der Waals surface area (Å²) in [5, 5.41) is 0. The summed E-state index contributed by atoms with van der Waals surface area (Å²) in [7, 11) is 1.80. The van der Waals surface area contributed by atoms with Crippen LogP contribution in [0, 0.1) is 0 Å². The molecule has 0 spiro atoms. The van der Waals surface area contributed by atoms with Crippen LogP contribution >= 0.6 is 0 Å². The quantitative estimate of drug-likeness (QED) is 0.696. The summed E-state index contributed by atoms with van der Waals surface area (Å²) >= 11 is 0. The molecule has 0 fully saturated rings. The van der Waals surface area contributed by atoms with Crippen molar-refractivity contribution in [2.75, 3.05) is 18.6 Å². The molecule has 1 aromatic carbocycles. The molecule has 78 valence electrons. The van der Waals surface area contributed by atoms with E-state index in [1.807, 2.05) is 36.1 Å². The SMILES string of the molecule is C=C(C)N1CN(C)C(=O)c2ccccc21. The number of allylic oxidation sites excluding steroid dienone is 1. The summed E-state index contributed by atoms with van der Waals surface area (Å²) in [6.45, 7) is 6.44. The molecule has 2 rings (SSSR count). The summed E-state index contributed by atoms with van der Waals surface area (Å²) in [5.74, 6) is 0.0723. The summed E-state index contributed by atoms with van der Waals surface area (Å²) in [6.07, 6.45) is 0. The van der Waals surface area contributed by atoms with Gasteiger partial charge in [0.15, 0.2) is 0 Å². The van der Waals surface area contributed by atoms with Crippen LogP contribution in [-0.4, -0.2) is 24.5 Å². The third-order valence-corrected chi connectivity index (χ3v) is 2.59. The van der Waals surface area contributed by atoms with Crippen molar-refractivity contribution in [3.8, 4) is 0 Å². The highest BCUT2D eigenvalue weighted by atomic mass is 16.2. The average Bonchev–Trinajstić information content (AvgIpc) is 2.23. The largest absolute Gasteiger partial charge is 0.327 e. The van der Waals surface area contributed by atoms with Crippen LogP contribution < -0.4 is 4.90 Å². The van der Waals surface area contributed by atoms with Crippen molar-refractivity contribution in [2.45, 2.75) is 6.92 Å². The molecule has 3 heteroatoms. The maximum atomic E-state index is 11.9. The fraction of sp³-hybridized carbons (Fsp3) is 0.250. The first-order valence-corrected chi connectivity index (χ1v) is 4.89. The van der Waals surface area contributed by atoms with Gasteiger partial charge in [0.25, 0.3) is 5.91 Å². The minimum atomic E-state index is 0.0723. The van der Waals surface area contributed by atoms with E-state index in [-0.39, 0.29) is 5.91 Å². The van der Waals surface area contributed by atoms with Crippen molar-refractivity contribution in [3.05, 3.63) is 42.1 Å². The predicted molar refractivity (Wildman–Crippen MR) is 60.7 cm³/mol. The maximum absolute atomic E-state index is 11.9.